The number of amides is 1. The predicted molar refractivity (Wildman–Crippen MR) is 173 cm³/mol. The minimum Gasteiger partial charge on any atom is -0.481 e. The van der Waals surface area contributed by atoms with Crippen LogP contribution in [0.25, 0.3) is 0 Å². The van der Waals surface area contributed by atoms with E-state index in [4.69, 9.17) is 18.3 Å². The third-order valence-electron chi connectivity index (χ3n) is 14.5. The van der Waals surface area contributed by atoms with Gasteiger partial charge in [-0.05, 0) is 118 Å². The van der Waals surface area contributed by atoms with Crippen LogP contribution < -0.4 is 15.9 Å². The average molecular weight is 656 g/mol. The minimum atomic E-state index is -0.946. The molecule has 4 saturated carbocycles. The molecule has 5 aliphatic carbocycles. The van der Waals surface area contributed by atoms with Crippen molar-refractivity contribution in [3.63, 3.8) is 0 Å². The van der Waals surface area contributed by atoms with Crippen molar-refractivity contribution in [3.8, 4) is 5.95 Å². The van der Waals surface area contributed by atoms with Gasteiger partial charge in [0.25, 0.3) is 0 Å². The molecule has 10 atom stereocenters. The van der Waals surface area contributed by atoms with Crippen molar-refractivity contribution in [2.24, 2.45) is 44.8 Å². The first-order chi connectivity index (χ1) is 21.9. The highest BCUT2D eigenvalue weighted by Gasteiger charge is 2.71. The number of hydrogen-bond acceptors (Lipinski definition) is 8. The molecule has 1 amide bonds. The summed E-state index contributed by atoms with van der Waals surface area (Å²) in [7, 11) is 0. The summed E-state index contributed by atoms with van der Waals surface area (Å²) in [5, 5.41) is 13.4. The van der Waals surface area contributed by atoms with Crippen LogP contribution in [0.1, 0.15) is 118 Å². The number of allylic oxidation sites excluding steroid dienone is 2. The molecule has 1 heterocycles. The summed E-state index contributed by atoms with van der Waals surface area (Å²) >= 11 is 0. The van der Waals surface area contributed by atoms with Crippen LogP contribution >= 0.6 is 0 Å². The van der Waals surface area contributed by atoms with E-state index in [1.165, 1.54) is 12.5 Å². The smallest absolute Gasteiger partial charge is 0.481 e. The molecule has 10 nitrogen and oxygen atoms in total. The quantitative estimate of drug-likeness (QED) is 0.324. The van der Waals surface area contributed by atoms with Gasteiger partial charge in [0.1, 0.15) is 0 Å². The molecule has 1 aromatic rings. The fourth-order valence-electron chi connectivity index (χ4n) is 11.5. The zero-order valence-corrected chi connectivity index (χ0v) is 29.4. The maximum atomic E-state index is 14.7. The van der Waals surface area contributed by atoms with E-state index in [-0.39, 0.29) is 57.6 Å². The summed E-state index contributed by atoms with van der Waals surface area (Å²) < 4.78 is 21.7. The Kier molecular flexibility index (Phi) is 8.01. The summed E-state index contributed by atoms with van der Waals surface area (Å²) in [5.41, 5.74) is -1.57. The van der Waals surface area contributed by atoms with Crippen molar-refractivity contribution >= 4 is 17.8 Å². The lowest BCUT2D eigenvalue weighted by molar-refractivity contribution is -0.197. The van der Waals surface area contributed by atoms with Crippen LogP contribution in [0.3, 0.4) is 0 Å². The summed E-state index contributed by atoms with van der Waals surface area (Å²) in [6, 6.07) is 0. The summed E-state index contributed by atoms with van der Waals surface area (Å²) in [6.07, 6.45) is 8.75. The highest BCUT2D eigenvalue weighted by atomic mass is 16.7. The Hall–Kier alpha value is -2.88. The number of hydrogen-bond donors (Lipinski definition) is 2. The second-order valence-corrected chi connectivity index (χ2v) is 17.1. The predicted octanol–water partition coefficient (Wildman–Crippen LogP) is 7.22. The van der Waals surface area contributed by atoms with E-state index in [0.717, 1.165) is 44.9 Å². The first kappa shape index (κ1) is 34.0. The van der Waals surface area contributed by atoms with Gasteiger partial charge in [0.2, 0.25) is 0 Å². The van der Waals surface area contributed by atoms with Crippen LogP contribution in [0.5, 0.6) is 5.95 Å². The summed E-state index contributed by atoms with van der Waals surface area (Å²) in [5.74, 6) is -2.10. The molecule has 1 aromatic heterocycles. The van der Waals surface area contributed by atoms with E-state index < -0.39 is 34.3 Å². The molecule has 6 rings (SSSR count). The lowest BCUT2D eigenvalue weighted by Gasteiger charge is -2.70. The summed E-state index contributed by atoms with van der Waals surface area (Å²) in [4.78, 5) is 52.2. The Morgan fingerprint density at radius 2 is 1.68 bits per heavy atom. The monoisotopic (exact) mass is 655 g/mol. The number of nitrogens with one attached hydrogen (secondary N) is 1. The second kappa shape index (κ2) is 11.1. The van der Waals surface area contributed by atoms with E-state index in [1.54, 1.807) is 0 Å². The van der Waals surface area contributed by atoms with Gasteiger partial charge in [-0.1, -0.05) is 40.2 Å². The largest absolute Gasteiger partial charge is 0.521 e. The number of ketones is 1. The molecular weight excluding hydrogens is 602 g/mol. The Morgan fingerprint density at radius 3 is 2.32 bits per heavy atom. The lowest BCUT2D eigenvalue weighted by Crippen LogP contribution is -2.72. The van der Waals surface area contributed by atoms with Crippen molar-refractivity contribution in [1.82, 2.24) is 5.32 Å². The number of fused-ring (bicyclic) bond motifs is 7. The van der Waals surface area contributed by atoms with Crippen LogP contribution in [-0.4, -0.2) is 41.2 Å². The Balaban J connectivity index is 1.38. The van der Waals surface area contributed by atoms with Gasteiger partial charge in [-0.25, -0.2) is 9.59 Å². The maximum Gasteiger partial charge on any atom is 0.521 e. The van der Waals surface area contributed by atoms with Crippen molar-refractivity contribution in [1.29, 1.82) is 0 Å². The van der Waals surface area contributed by atoms with Gasteiger partial charge < -0.3 is 28.7 Å². The van der Waals surface area contributed by atoms with Gasteiger partial charge in [0.05, 0.1) is 17.1 Å². The molecule has 0 unspecified atom stereocenters. The van der Waals surface area contributed by atoms with E-state index in [2.05, 4.69) is 33.0 Å². The minimum absolute atomic E-state index is 0.0190. The molecule has 4 fully saturated rings. The van der Waals surface area contributed by atoms with Gasteiger partial charge in [0.15, 0.2) is 11.5 Å². The molecule has 2 N–H and O–H groups in total. The first-order valence-corrected chi connectivity index (χ1v) is 17.6. The molecule has 0 aromatic carbocycles. The Morgan fingerprint density at radius 1 is 0.979 bits per heavy atom. The van der Waals surface area contributed by atoms with Crippen molar-refractivity contribution in [2.45, 2.75) is 131 Å². The first-order valence-electron chi connectivity index (χ1n) is 17.6. The number of carboxylic acid groups (broad SMARTS) is 1. The molecule has 260 valence electrons. The number of aliphatic carboxylic acids is 1. The lowest BCUT2D eigenvalue weighted by atomic mass is 9.34. The Bertz CT molecular complexity index is 1560. The van der Waals surface area contributed by atoms with Gasteiger partial charge in [-0.3, -0.25) is 9.59 Å². The normalized spacial score (nSPS) is 44.3. The van der Waals surface area contributed by atoms with Crippen LogP contribution in [0.15, 0.2) is 25.3 Å². The molecule has 0 saturated heterocycles. The third kappa shape index (κ3) is 4.89. The highest BCUT2D eigenvalue weighted by molar-refractivity contribution is 5.95. The number of carbonyl (C=O) groups is 3. The Labute approximate surface area is 277 Å². The standard InChI is InChI=1S/C37H53NO9/c1-9-18-44-26-11-12-34(5)25(37(26,8)38-30(42)46-28-21(2)45-31(43)47-28)10-13-36(7)27(34)24(39)19-22-23-20-33(4,29(40)41)15-14-32(23,3)16-17-35(22,36)6/h19,23,25-27H,9-18,20H2,1-8H3,(H,38,42)(H,40,41)/t23-,25+,26-,27+,32+,33-,34-,35+,36+,37-/m0/s1. The SMILES string of the molecule is CCCO[C@H]1CC[C@@]2(C)[C@@H](CC[C@]3(C)[C@@H]2C(=O)C=C2[C@@H]4C[C@@](C)(C(=O)O)CC[C@]4(C)CC[C@]23C)[C@]1(C)NC(=O)Oc1oc(=O)oc1C. The van der Waals surface area contributed by atoms with Crippen LogP contribution in [-0.2, 0) is 14.3 Å². The van der Waals surface area contributed by atoms with Crippen LogP contribution in [0.2, 0.25) is 0 Å². The molecule has 0 aliphatic heterocycles. The van der Waals surface area contributed by atoms with E-state index in [9.17, 15) is 24.3 Å². The van der Waals surface area contributed by atoms with Crippen LogP contribution in [0, 0.1) is 51.8 Å². The van der Waals surface area contributed by atoms with E-state index >= 15 is 0 Å². The van der Waals surface area contributed by atoms with Gasteiger partial charge in [-0.15, -0.1) is 0 Å². The highest BCUT2D eigenvalue weighted by Crippen LogP contribution is 2.74. The van der Waals surface area contributed by atoms with E-state index in [1.807, 2.05) is 26.8 Å². The average Bonchev–Trinajstić information content (AvgIpc) is 3.30. The number of carbonyl (C=O) groups excluding carboxylic acids is 2. The van der Waals surface area contributed by atoms with Crippen molar-refractivity contribution < 1.29 is 37.8 Å². The number of carboxylic acids is 1. The van der Waals surface area contributed by atoms with Crippen molar-refractivity contribution in [3.05, 3.63) is 28.0 Å². The van der Waals surface area contributed by atoms with Crippen LogP contribution in [0.4, 0.5) is 4.79 Å². The number of ether oxygens (including phenoxy) is 2. The number of rotatable bonds is 6. The zero-order chi connectivity index (χ0) is 34.4. The van der Waals surface area contributed by atoms with Gasteiger partial charge in [-0.2, -0.15) is 0 Å². The molecule has 0 bridgehead atoms. The molecule has 47 heavy (non-hydrogen) atoms. The van der Waals surface area contributed by atoms with Gasteiger partial charge in [0, 0.05) is 19.4 Å². The fourth-order valence-corrected chi connectivity index (χ4v) is 11.5. The fraction of sp³-hybridized carbons (Fsp3) is 0.784. The topological polar surface area (TPSA) is 145 Å². The zero-order valence-electron chi connectivity index (χ0n) is 29.4. The number of aryl methyl sites for hydroxylation is 1. The van der Waals surface area contributed by atoms with Gasteiger partial charge >= 0.3 is 23.8 Å². The molecule has 0 radical (unpaired) electrons. The molecule has 10 heteroatoms. The van der Waals surface area contributed by atoms with E-state index in [0.29, 0.717) is 25.9 Å². The summed E-state index contributed by atoms with van der Waals surface area (Å²) in [6.45, 7) is 17.2. The second-order valence-electron chi connectivity index (χ2n) is 17.1. The van der Waals surface area contributed by atoms with Crippen molar-refractivity contribution in [2.75, 3.05) is 6.61 Å². The molecule has 0 spiro atoms. The molecule has 5 aliphatic rings. The molecular formula is C37H53NO9. The maximum absolute atomic E-state index is 14.7. The third-order valence-corrected chi connectivity index (χ3v) is 14.5.